The lowest BCUT2D eigenvalue weighted by Crippen LogP contribution is -2.14. The van der Waals surface area contributed by atoms with Gasteiger partial charge in [-0.3, -0.25) is 0 Å². The molecule has 0 saturated carbocycles. The fourth-order valence-corrected chi connectivity index (χ4v) is 11.6. The molecule has 101 heavy (non-hydrogen) atoms. The monoisotopic (exact) mass is 1320 g/mol. The van der Waals surface area contributed by atoms with Crippen molar-refractivity contribution < 1.29 is 13.6 Å². The number of hydrogen-bond donors (Lipinski definition) is 0. The van der Waals surface area contributed by atoms with E-state index in [4.69, 9.17) is 13.6 Å². The molecule has 0 atom stereocenters. The van der Waals surface area contributed by atoms with Gasteiger partial charge in [0.25, 0.3) is 17.7 Å². The maximum Gasteiger partial charge on any atom is 0.258 e. The number of nitrogens with zero attached hydrogens (tertiary/aromatic N) is 9. The van der Waals surface area contributed by atoms with Crippen molar-refractivity contribution in [1.29, 1.82) is 0 Å². The zero-order chi connectivity index (χ0) is 69.9. The lowest BCUT2D eigenvalue weighted by Gasteiger charge is -2.28. The standard InChI is InChI=1S/C34H35N3O.C28H23N3O.C27H21N3O/c1-33(2,3)26-14-20-29(21-15-26)37(30-22-16-27(17-23-30)34(4,5)6)28-18-12-25(13-19-28)32-35-31(36-38-32)24-10-8-7-9-11-24;1-20-8-14-24(15-9-20)31(25-16-10-21(2)11-17-25)26-18-12-23(13-19-26)28-29-27(30-32-28)22-6-4-3-5-7-22;1-20-12-14-21(15-13-20)26-28-27(31-29-26)22-16-18-25(19-17-22)30(23-8-4-2-5-9-23)24-10-6-3-7-11-24/h7-23H,1-6H3;3-19H,1-2H3;2-19H,1H3. The van der Waals surface area contributed by atoms with Crippen molar-refractivity contribution in [2.24, 2.45) is 0 Å². The number of hydrogen-bond acceptors (Lipinski definition) is 12. The van der Waals surface area contributed by atoms with Crippen molar-refractivity contribution in [3.8, 4) is 68.5 Å². The highest BCUT2D eigenvalue weighted by Gasteiger charge is 2.22. The van der Waals surface area contributed by atoms with Crippen LogP contribution in [0.4, 0.5) is 51.2 Å². The molecule has 12 aromatic carbocycles. The number of aromatic nitrogens is 6. The summed E-state index contributed by atoms with van der Waals surface area (Å²) in [5.41, 5.74) is 21.8. The highest BCUT2D eigenvalue weighted by Crippen LogP contribution is 2.41. The molecular formula is C89H79N9O3. The minimum absolute atomic E-state index is 0.0993. The van der Waals surface area contributed by atoms with Crippen LogP contribution in [0.1, 0.15) is 69.4 Å². The molecule has 498 valence electrons. The molecule has 15 rings (SSSR count). The van der Waals surface area contributed by atoms with E-state index in [1.807, 2.05) is 158 Å². The Morgan fingerprint density at radius 2 is 0.416 bits per heavy atom. The average Bonchev–Trinajstić information content (AvgIpc) is 1.74. The van der Waals surface area contributed by atoms with Crippen molar-refractivity contribution in [1.82, 2.24) is 30.4 Å². The number of anilines is 9. The second-order valence-electron chi connectivity index (χ2n) is 27.0. The molecule has 0 N–H and O–H groups in total. The Morgan fingerprint density at radius 1 is 0.218 bits per heavy atom. The Hall–Kier alpha value is -12.5. The highest BCUT2D eigenvalue weighted by atomic mass is 16.5. The van der Waals surface area contributed by atoms with E-state index in [9.17, 15) is 0 Å². The molecule has 0 saturated heterocycles. The third-order valence-electron chi connectivity index (χ3n) is 17.4. The summed E-state index contributed by atoms with van der Waals surface area (Å²) in [5.74, 6) is 3.29. The summed E-state index contributed by atoms with van der Waals surface area (Å²) in [6, 6.07) is 108. The van der Waals surface area contributed by atoms with Crippen LogP contribution in [0.5, 0.6) is 0 Å². The van der Waals surface area contributed by atoms with Crippen LogP contribution in [-0.4, -0.2) is 30.4 Å². The summed E-state index contributed by atoms with van der Waals surface area (Å²) in [6.45, 7) is 19.7. The molecule has 0 unspecified atom stereocenters. The topological polar surface area (TPSA) is 126 Å². The molecule has 0 aliphatic heterocycles. The number of para-hydroxylation sites is 2. The van der Waals surface area contributed by atoms with Crippen molar-refractivity contribution in [2.75, 3.05) is 14.7 Å². The summed E-state index contributed by atoms with van der Waals surface area (Å²) in [7, 11) is 0. The molecule has 3 aromatic heterocycles. The van der Waals surface area contributed by atoms with Gasteiger partial charge in [0.05, 0.1) is 0 Å². The Morgan fingerprint density at radius 3 is 0.673 bits per heavy atom. The van der Waals surface area contributed by atoms with E-state index in [1.165, 1.54) is 27.8 Å². The van der Waals surface area contributed by atoms with Crippen LogP contribution in [0.15, 0.2) is 329 Å². The van der Waals surface area contributed by atoms with E-state index in [-0.39, 0.29) is 10.8 Å². The molecule has 0 aliphatic rings. The first-order valence-electron chi connectivity index (χ1n) is 33.9. The lowest BCUT2D eigenvalue weighted by molar-refractivity contribution is 0.432. The molecule has 0 radical (unpaired) electrons. The molecular weight excluding hydrogens is 1240 g/mol. The Kier molecular flexibility index (Phi) is 20.0. The third-order valence-corrected chi connectivity index (χ3v) is 17.4. The quantitative estimate of drug-likeness (QED) is 0.0970. The first kappa shape index (κ1) is 67.0. The van der Waals surface area contributed by atoms with Gasteiger partial charge in [0, 0.05) is 84.6 Å². The molecule has 0 bridgehead atoms. The van der Waals surface area contributed by atoms with Crippen LogP contribution >= 0.6 is 0 Å². The highest BCUT2D eigenvalue weighted by molar-refractivity contribution is 5.81. The van der Waals surface area contributed by atoms with Crippen LogP contribution in [0.2, 0.25) is 0 Å². The minimum atomic E-state index is 0.0993. The molecule has 12 heteroatoms. The fraction of sp³-hybridized carbons (Fsp3) is 0.124. The van der Waals surface area contributed by atoms with Crippen LogP contribution < -0.4 is 14.7 Å². The number of benzene rings is 12. The van der Waals surface area contributed by atoms with Crippen LogP contribution in [0, 0.1) is 20.8 Å². The largest absolute Gasteiger partial charge is 0.334 e. The van der Waals surface area contributed by atoms with Crippen molar-refractivity contribution >= 4 is 51.2 Å². The van der Waals surface area contributed by atoms with Gasteiger partial charge in [-0.15, -0.1) is 0 Å². The first-order chi connectivity index (χ1) is 49.0. The molecule has 12 nitrogen and oxygen atoms in total. The van der Waals surface area contributed by atoms with Crippen LogP contribution in [0.25, 0.3) is 68.5 Å². The van der Waals surface area contributed by atoms with Crippen LogP contribution in [0.3, 0.4) is 0 Å². The van der Waals surface area contributed by atoms with Crippen molar-refractivity contribution in [3.05, 3.63) is 343 Å². The molecule has 15 aromatic rings. The molecule has 3 heterocycles. The first-order valence-corrected chi connectivity index (χ1v) is 33.9. The van der Waals surface area contributed by atoms with Gasteiger partial charge in [0.1, 0.15) is 0 Å². The van der Waals surface area contributed by atoms with E-state index in [0.717, 1.165) is 84.6 Å². The maximum absolute atomic E-state index is 5.59. The minimum Gasteiger partial charge on any atom is -0.334 e. The SMILES string of the molecule is CC(C)(C)c1ccc(N(c2ccc(-c3nc(-c4ccccc4)no3)cc2)c2ccc(C(C)(C)C)cc2)cc1.Cc1ccc(-c2noc(-c3ccc(N(c4ccccc4)c4ccccc4)cc3)n2)cc1.Cc1ccc(N(c2ccc(C)cc2)c2ccc(-c3nc(-c4ccccc4)no3)cc2)cc1. The summed E-state index contributed by atoms with van der Waals surface area (Å²) >= 11 is 0. The van der Waals surface area contributed by atoms with E-state index >= 15 is 0 Å². The van der Waals surface area contributed by atoms with E-state index < -0.39 is 0 Å². The van der Waals surface area contributed by atoms with Gasteiger partial charge >= 0.3 is 0 Å². The average molecular weight is 1320 g/mol. The lowest BCUT2D eigenvalue weighted by atomic mass is 9.86. The second-order valence-corrected chi connectivity index (χ2v) is 27.0. The normalized spacial score (nSPS) is 11.2. The molecule has 0 aliphatic carbocycles. The molecule has 0 fully saturated rings. The Balaban J connectivity index is 0.000000136. The smallest absolute Gasteiger partial charge is 0.258 e. The zero-order valence-corrected chi connectivity index (χ0v) is 58.3. The summed E-state index contributed by atoms with van der Waals surface area (Å²) in [6.07, 6.45) is 0. The Labute approximate surface area is 591 Å². The van der Waals surface area contributed by atoms with E-state index in [1.54, 1.807) is 0 Å². The van der Waals surface area contributed by atoms with Crippen molar-refractivity contribution in [3.63, 3.8) is 0 Å². The third kappa shape index (κ3) is 16.2. The predicted octanol–water partition coefficient (Wildman–Crippen LogP) is 24.1. The summed E-state index contributed by atoms with van der Waals surface area (Å²) in [4.78, 5) is 20.5. The second kappa shape index (κ2) is 30.1. The van der Waals surface area contributed by atoms with Gasteiger partial charge in [-0.1, -0.05) is 244 Å². The fourth-order valence-electron chi connectivity index (χ4n) is 11.6. The number of rotatable bonds is 15. The van der Waals surface area contributed by atoms with Gasteiger partial charge in [-0.2, -0.15) is 15.0 Å². The van der Waals surface area contributed by atoms with Gasteiger partial charge in [-0.05, 0) is 188 Å². The molecule has 0 spiro atoms. The van der Waals surface area contributed by atoms with E-state index in [2.05, 4.69) is 265 Å². The van der Waals surface area contributed by atoms with Crippen LogP contribution in [-0.2, 0) is 10.8 Å². The number of aryl methyl sites for hydroxylation is 3. The summed E-state index contributed by atoms with van der Waals surface area (Å²) in [5, 5.41) is 12.5. The maximum atomic E-state index is 5.59. The molecule has 0 amide bonds. The van der Waals surface area contributed by atoms with Gasteiger partial charge in [-0.25, -0.2) is 0 Å². The Bertz CT molecular complexity index is 4950. The van der Waals surface area contributed by atoms with Gasteiger partial charge < -0.3 is 28.3 Å². The van der Waals surface area contributed by atoms with Crippen molar-refractivity contribution in [2.45, 2.75) is 73.1 Å². The zero-order valence-electron chi connectivity index (χ0n) is 58.3. The summed E-state index contributed by atoms with van der Waals surface area (Å²) < 4.78 is 16.6. The van der Waals surface area contributed by atoms with E-state index in [0.29, 0.717) is 35.1 Å². The predicted molar refractivity (Wildman–Crippen MR) is 411 cm³/mol. The van der Waals surface area contributed by atoms with Gasteiger partial charge in [0.15, 0.2) is 0 Å². The van der Waals surface area contributed by atoms with Gasteiger partial charge in [0.2, 0.25) is 17.5 Å².